The summed E-state index contributed by atoms with van der Waals surface area (Å²) in [5, 5.41) is 8.62. The second-order valence-corrected chi connectivity index (χ2v) is 6.79. The molecule has 0 unspecified atom stereocenters. The zero-order valence-electron chi connectivity index (χ0n) is 14.6. The highest BCUT2D eigenvalue weighted by Crippen LogP contribution is 2.39. The molecule has 0 aliphatic carbocycles. The summed E-state index contributed by atoms with van der Waals surface area (Å²) in [5.74, 6) is 1.33. The predicted molar refractivity (Wildman–Crippen MR) is 92.4 cm³/mol. The van der Waals surface area contributed by atoms with Crippen LogP contribution >= 0.6 is 0 Å². The number of benzene rings is 1. The summed E-state index contributed by atoms with van der Waals surface area (Å²) in [5.41, 5.74) is 3.34. The Morgan fingerprint density at radius 2 is 1.84 bits per heavy atom. The Labute approximate surface area is 146 Å². The van der Waals surface area contributed by atoms with Gasteiger partial charge in [0.2, 0.25) is 5.89 Å². The van der Waals surface area contributed by atoms with Gasteiger partial charge in [0.15, 0.2) is 5.82 Å². The first-order valence-corrected chi connectivity index (χ1v) is 8.63. The van der Waals surface area contributed by atoms with Crippen LogP contribution < -0.4 is 0 Å². The molecular weight excluding hydrogens is 316 g/mol. The molecule has 4 rings (SSSR count). The van der Waals surface area contributed by atoms with Crippen LogP contribution in [0, 0.1) is 13.8 Å². The fourth-order valence-electron chi connectivity index (χ4n) is 3.44. The van der Waals surface area contributed by atoms with E-state index in [4.69, 9.17) is 14.2 Å². The van der Waals surface area contributed by atoms with Gasteiger partial charge >= 0.3 is 0 Å². The average molecular weight is 338 g/mol. The lowest BCUT2D eigenvalue weighted by molar-refractivity contribution is 0.0597. The molecule has 0 bridgehead atoms. The lowest BCUT2D eigenvalue weighted by Crippen LogP contribution is -2.36. The van der Waals surface area contributed by atoms with Crippen LogP contribution in [0.3, 0.4) is 0 Å². The van der Waals surface area contributed by atoms with Gasteiger partial charge < -0.3 is 9.26 Å². The van der Waals surface area contributed by atoms with Crippen molar-refractivity contribution in [2.24, 2.45) is 0 Å². The molecule has 0 spiro atoms. The van der Waals surface area contributed by atoms with Crippen molar-refractivity contribution in [3.63, 3.8) is 0 Å². The minimum atomic E-state index is -0.242. The molecule has 3 heterocycles. The Morgan fingerprint density at radius 3 is 2.52 bits per heavy atom. The van der Waals surface area contributed by atoms with E-state index in [1.807, 2.05) is 24.0 Å². The Balaban J connectivity index is 1.67. The van der Waals surface area contributed by atoms with Crippen LogP contribution in [0.1, 0.15) is 41.2 Å². The molecule has 6 heteroatoms. The molecule has 3 aromatic rings. The fourth-order valence-corrected chi connectivity index (χ4v) is 3.44. The first kappa shape index (κ1) is 16.0. The summed E-state index contributed by atoms with van der Waals surface area (Å²) in [7, 11) is 0. The molecule has 0 amide bonds. The van der Waals surface area contributed by atoms with E-state index in [1.54, 1.807) is 0 Å². The molecule has 0 atom stereocenters. The third-order valence-corrected chi connectivity index (χ3v) is 4.91. The van der Waals surface area contributed by atoms with E-state index in [1.165, 1.54) is 11.1 Å². The van der Waals surface area contributed by atoms with Gasteiger partial charge in [-0.3, -0.25) is 4.68 Å². The normalized spacial score (nSPS) is 16.9. The molecule has 25 heavy (non-hydrogen) atoms. The highest BCUT2D eigenvalue weighted by atomic mass is 16.5. The lowest BCUT2D eigenvalue weighted by atomic mass is 9.73. The summed E-state index contributed by atoms with van der Waals surface area (Å²) < 4.78 is 12.9. The van der Waals surface area contributed by atoms with E-state index in [0.29, 0.717) is 25.6 Å². The van der Waals surface area contributed by atoms with Crippen molar-refractivity contribution in [2.45, 2.75) is 38.6 Å². The van der Waals surface area contributed by atoms with Gasteiger partial charge in [0.1, 0.15) is 6.54 Å². The zero-order chi connectivity index (χ0) is 17.3. The monoisotopic (exact) mass is 338 g/mol. The fraction of sp³-hybridized carbons (Fsp3) is 0.421. The van der Waals surface area contributed by atoms with Crippen molar-refractivity contribution in [1.29, 1.82) is 0 Å². The number of rotatable bonds is 4. The number of nitrogens with zero attached hydrogens (tertiary/aromatic N) is 4. The summed E-state index contributed by atoms with van der Waals surface area (Å²) in [6.07, 6.45) is 5.50. The number of hydrogen-bond acceptors (Lipinski definition) is 5. The first-order chi connectivity index (χ1) is 12.2. The lowest BCUT2D eigenvalue weighted by Gasteiger charge is -2.34. The van der Waals surface area contributed by atoms with Crippen LogP contribution in [0.25, 0.3) is 0 Å². The van der Waals surface area contributed by atoms with Gasteiger partial charge in [0, 0.05) is 19.4 Å². The van der Waals surface area contributed by atoms with E-state index in [0.717, 1.165) is 24.2 Å². The number of aromatic nitrogens is 4. The van der Waals surface area contributed by atoms with Crippen LogP contribution in [-0.4, -0.2) is 33.1 Å². The topological polar surface area (TPSA) is 66.0 Å². The highest BCUT2D eigenvalue weighted by molar-refractivity contribution is 5.35. The van der Waals surface area contributed by atoms with Gasteiger partial charge in [-0.25, -0.2) is 0 Å². The maximum Gasteiger partial charge on any atom is 0.248 e. The Hall–Kier alpha value is -2.47. The maximum atomic E-state index is 5.60. The minimum absolute atomic E-state index is 0.242. The molecule has 0 N–H and O–H groups in total. The number of hydrogen-bond donors (Lipinski definition) is 0. The largest absolute Gasteiger partial charge is 0.381 e. The molecule has 1 aliphatic rings. The van der Waals surface area contributed by atoms with Gasteiger partial charge in [-0.2, -0.15) is 10.1 Å². The summed E-state index contributed by atoms with van der Waals surface area (Å²) in [6, 6.07) is 8.63. The van der Waals surface area contributed by atoms with Crippen molar-refractivity contribution < 1.29 is 9.26 Å². The third-order valence-electron chi connectivity index (χ3n) is 4.91. The van der Waals surface area contributed by atoms with Crippen molar-refractivity contribution in [2.75, 3.05) is 13.2 Å². The maximum absolute atomic E-state index is 5.60. The molecule has 130 valence electrons. The molecule has 1 aromatic carbocycles. The van der Waals surface area contributed by atoms with Crippen molar-refractivity contribution >= 4 is 0 Å². The van der Waals surface area contributed by atoms with Crippen LogP contribution in [0.5, 0.6) is 0 Å². The zero-order valence-corrected chi connectivity index (χ0v) is 14.6. The smallest absolute Gasteiger partial charge is 0.248 e. The molecule has 0 saturated carbocycles. The molecule has 6 nitrogen and oxygen atoms in total. The Morgan fingerprint density at radius 1 is 1.08 bits per heavy atom. The van der Waals surface area contributed by atoms with E-state index in [-0.39, 0.29) is 5.41 Å². The second kappa shape index (κ2) is 6.44. The SMILES string of the molecule is Cc1ccc(C2(c3noc(Cn4cc(C)cn4)n3)CCOCC2)cc1. The number of aryl methyl sites for hydroxylation is 2. The van der Waals surface area contributed by atoms with Crippen molar-refractivity contribution in [1.82, 2.24) is 19.9 Å². The van der Waals surface area contributed by atoms with Gasteiger partial charge in [-0.1, -0.05) is 35.0 Å². The molecular formula is C19H22N4O2. The highest BCUT2D eigenvalue weighted by Gasteiger charge is 2.40. The van der Waals surface area contributed by atoms with E-state index in [2.05, 4.69) is 41.4 Å². The summed E-state index contributed by atoms with van der Waals surface area (Å²) in [4.78, 5) is 4.72. The van der Waals surface area contributed by atoms with E-state index < -0.39 is 0 Å². The van der Waals surface area contributed by atoms with Crippen LogP contribution in [0.4, 0.5) is 0 Å². The van der Waals surface area contributed by atoms with Crippen LogP contribution in [0.15, 0.2) is 41.2 Å². The summed E-state index contributed by atoms with van der Waals surface area (Å²) in [6.45, 7) is 6.00. The molecule has 0 radical (unpaired) electrons. The second-order valence-electron chi connectivity index (χ2n) is 6.79. The quantitative estimate of drug-likeness (QED) is 0.731. The van der Waals surface area contributed by atoms with Gasteiger partial charge in [0.25, 0.3) is 0 Å². The molecule has 1 saturated heterocycles. The van der Waals surface area contributed by atoms with E-state index in [9.17, 15) is 0 Å². The molecule has 2 aromatic heterocycles. The van der Waals surface area contributed by atoms with E-state index >= 15 is 0 Å². The van der Waals surface area contributed by atoms with Crippen LogP contribution in [0.2, 0.25) is 0 Å². The standard InChI is InChI=1S/C19H22N4O2/c1-14-3-5-16(6-4-14)19(7-9-24-10-8-19)18-21-17(25-22-18)13-23-12-15(2)11-20-23/h3-6,11-12H,7-10,13H2,1-2H3. The molecule has 1 fully saturated rings. The molecule has 1 aliphatic heterocycles. The predicted octanol–water partition coefficient (Wildman–Crippen LogP) is 3.03. The Bertz CT molecular complexity index is 844. The number of ether oxygens (including phenoxy) is 1. The van der Waals surface area contributed by atoms with Crippen molar-refractivity contribution in [3.8, 4) is 0 Å². The third kappa shape index (κ3) is 3.09. The average Bonchev–Trinajstić information content (AvgIpc) is 3.26. The van der Waals surface area contributed by atoms with Crippen molar-refractivity contribution in [3.05, 3.63) is 65.1 Å². The Kier molecular flexibility index (Phi) is 4.13. The van der Waals surface area contributed by atoms with Gasteiger partial charge in [0.05, 0.1) is 11.6 Å². The summed E-state index contributed by atoms with van der Waals surface area (Å²) >= 11 is 0. The van der Waals surface area contributed by atoms with Gasteiger partial charge in [-0.15, -0.1) is 0 Å². The van der Waals surface area contributed by atoms with Crippen LogP contribution in [-0.2, 0) is 16.7 Å². The minimum Gasteiger partial charge on any atom is -0.381 e. The van der Waals surface area contributed by atoms with Gasteiger partial charge in [-0.05, 0) is 37.8 Å². The first-order valence-electron chi connectivity index (χ1n) is 8.63.